The zero-order valence-electron chi connectivity index (χ0n) is 18.2. The number of piperazine rings is 1. The summed E-state index contributed by atoms with van der Waals surface area (Å²) in [4.78, 5) is 37.2. The monoisotopic (exact) mass is 456 g/mol. The van der Waals surface area contributed by atoms with Gasteiger partial charge in [0.1, 0.15) is 11.2 Å². The smallest absolute Gasteiger partial charge is 0.341 e. The van der Waals surface area contributed by atoms with E-state index in [9.17, 15) is 14.7 Å². The Hall–Kier alpha value is -2.75. The van der Waals surface area contributed by atoms with E-state index in [-0.39, 0.29) is 10.9 Å². The third kappa shape index (κ3) is 3.70. The number of aryl methyl sites for hydroxylation is 1. The van der Waals surface area contributed by atoms with E-state index in [4.69, 9.17) is 12.2 Å². The van der Waals surface area contributed by atoms with Crippen molar-refractivity contribution in [3.05, 3.63) is 28.2 Å². The maximum absolute atomic E-state index is 12.5. The predicted molar refractivity (Wildman–Crippen MR) is 125 cm³/mol. The number of aromatic carboxylic acids is 1. The fraction of sp³-hybridized carbons (Fsp3) is 0.591. The largest absolute Gasteiger partial charge is 0.477 e. The summed E-state index contributed by atoms with van der Waals surface area (Å²) in [5.41, 5.74) is -0.352. The first kappa shape index (κ1) is 21.1. The molecule has 9 nitrogen and oxygen atoms in total. The molecule has 0 unspecified atom stereocenters. The maximum Gasteiger partial charge on any atom is 0.341 e. The molecule has 3 fully saturated rings. The van der Waals surface area contributed by atoms with Crippen molar-refractivity contribution in [1.82, 2.24) is 24.8 Å². The molecule has 1 aliphatic heterocycles. The lowest BCUT2D eigenvalue weighted by Gasteiger charge is -2.37. The Bertz CT molecular complexity index is 1130. The predicted octanol–water partition coefficient (Wildman–Crippen LogP) is 1.69. The Morgan fingerprint density at radius 2 is 2.03 bits per heavy atom. The van der Waals surface area contributed by atoms with Crippen LogP contribution in [0.3, 0.4) is 0 Å². The Labute approximate surface area is 191 Å². The number of hydrogen-bond donors (Lipinski definition) is 2. The lowest BCUT2D eigenvalue weighted by Crippen LogP contribution is -2.54. The fourth-order valence-corrected chi connectivity index (χ4v) is 5.82. The van der Waals surface area contributed by atoms with Crippen molar-refractivity contribution in [1.29, 1.82) is 0 Å². The normalized spacial score (nSPS) is 24.8. The van der Waals surface area contributed by atoms with Crippen LogP contribution in [0.5, 0.6) is 0 Å². The molecule has 3 atom stereocenters. The van der Waals surface area contributed by atoms with Crippen molar-refractivity contribution in [3.8, 4) is 0 Å². The van der Waals surface area contributed by atoms with Crippen molar-refractivity contribution in [2.45, 2.75) is 45.2 Å². The number of carboxylic acid groups (broad SMARTS) is 1. The maximum atomic E-state index is 12.5. The number of rotatable bonds is 4. The number of carboxylic acids is 1. The Balaban J connectivity index is 1.28. The van der Waals surface area contributed by atoms with Crippen molar-refractivity contribution in [3.63, 3.8) is 0 Å². The molecule has 0 aromatic carbocycles. The molecule has 32 heavy (non-hydrogen) atoms. The van der Waals surface area contributed by atoms with Crippen molar-refractivity contribution >= 4 is 40.3 Å². The van der Waals surface area contributed by atoms with Crippen LogP contribution in [0.1, 0.15) is 43.0 Å². The first-order valence-corrected chi connectivity index (χ1v) is 11.8. The first-order valence-electron chi connectivity index (χ1n) is 11.4. The van der Waals surface area contributed by atoms with Crippen LogP contribution in [-0.2, 0) is 6.54 Å². The molecule has 0 radical (unpaired) electrons. The number of nitrogens with zero attached hydrogens (tertiary/aromatic N) is 5. The highest BCUT2D eigenvalue weighted by Gasteiger charge is 2.40. The number of nitrogens with one attached hydrogen (secondary N) is 1. The minimum absolute atomic E-state index is 0.227. The summed E-state index contributed by atoms with van der Waals surface area (Å²) >= 11 is 5.70. The van der Waals surface area contributed by atoms with Gasteiger partial charge in [0.25, 0.3) is 0 Å². The SMILES string of the molecule is CCn1cc(C(=O)O)c(=O)c2cnc(N3CCN(C(=S)N[C@H]4C[C@@H]5CC[C@@H]4C5)CC3)nc21. The number of fused-ring (bicyclic) bond motifs is 3. The molecule has 2 aromatic rings. The van der Waals surface area contributed by atoms with Gasteiger partial charge in [0.2, 0.25) is 11.4 Å². The van der Waals surface area contributed by atoms with Crippen LogP contribution in [0.4, 0.5) is 5.95 Å². The van der Waals surface area contributed by atoms with Crippen LogP contribution in [0.2, 0.25) is 0 Å². The van der Waals surface area contributed by atoms with Gasteiger partial charge in [-0.05, 0) is 50.2 Å². The summed E-state index contributed by atoms with van der Waals surface area (Å²) in [6.07, 6.45) is 8.12. The standard InChI is InChI=1S/C22H28N6O3S/c1-2-26-12-16(20(30)31)18(29)15-11-23-21(25-19(15)26)27-5-7-28(8-6-27)22(32)24-17-10-13-3-4-14(17)9-13/h11-14,17H,2-10H2,1H3,(H,24,32)(H,30,31)/t13-,14-,17+/m1/s1. The summed E-state index contributed by atoms with van der Waals surface area (Å²) < 4.78 is 1.69. The highest BCUT2D eigenvalue weighted by Crippen LogP contribution is 2.44. The fourth-order valence-electron chi connectivity index (χ4n) is 5.49. The summed E-state index contributed by atoms with van der Waals surface area (Å²) in [5, 5.41) is 14.0. The summed E-state index contributed by atoms with van der Waals surface area (Å²) in [5.74, 6) is 0.973. The first-order chi connectivity index (χ1) is 15.4. The van der Waals surface area contributed by atoms with E-state index in [2.05, 4.69) is 25.1 Å². The quantitative estimate of drug-likeness (QED) is 0.665. The summed E-state index contributed by atoms with van der Waals surface area (Å²) in [6.45, 7) is 5.42. The van der Waals surface area contributed by atoms with Gasteiger partial charge in [-0.25, -0.2) is 9.78 Å². The molecule has 2 bridgehead atoms. The van der Waals surface area contributed by atoms with Gasteiger partial charge < -0.3 is 24.8 Å². The van der Waals surface area contributed by atoms with E-state index in [1.165, 1.54) is 38.1 Å². The molecule has 3 aliphatic rings. The molecule has 0 spiro atoms. The van der Waals surface area contributed by atoms with Crippen LogP contribution in [-0.4, -0.2) is 67.8 Å². The van der Waals surface area contributed by atoms with E-state index in [0.717, 1.165) is 43.1 Å². The zero-order chi connectivity index (χ0) is 22.4. The van der Waals surface area contributed by atoms with Crippen LogP contribution >= 0.6 is 12.2 Å². The van der Waals surface area contributed by atoms with Crippen molar-refractivity contribution in [2.75, 3.05) is 31.1 Å². The van der Waals surface area contributed by atoms with Crippen LogP contribution < -0.4 is 15.6 Å². The number of hydrogen-bond acceptors (Lipinski definition) is 6. The third-order valence-corrected chi connectivity index (χ3v) is 7.65. The number of pyridine rings is 1. The molecule has 1 saturated heterocycles. The van der Waals surface area contributed by atoms with Crippen LogP contribution in [0, 0.1) is 11.8 Å². The van der Waals surface area contributed by atoms with E-state index < -0.39 is 11.4 Å². The second-order valence-corrected chi connectivity index (χ2v) is 9.46. The molecular formula is C22H28N6O3S. The van der Waals surface area contributed by atoms with Gasteiger partial charge in [0.15, 0.2) is 5.11 Å². The van der Waals surface area contributed by atoms with Crippen LogP contribution in [0.25, 0.3) is 11.0 Å². The van der Waals surface area contributed by atoms with E-state index >= 15 is 0 Å². The Kier molecular flexibility index (Phi) is 5.48. The van der Waals surface area contributed by atoms with Gasteiger partial charge in [-0.1, -0.05) is 6.42 Å². The number of carbonyl (C=O) groups is 1. The lowest BCUT2D eigenvalue weighted by atomic mass is 9.95. The van der Waals surface area contributed by atoms with Gasteiger partial charge in [-0.2, -0.15) is 4.98 Å². The number of anilines is 1. The topological polar surface area (TPSA) is 104 Å². The minimum Gasteiger partial charge on any atom is -0.477 e. The number of aromatic nitrogens is 3. The average Bonchev–Trinajstić information content (AvgIpc) is 3.42. The lowest BCUT2D eigenvalue weighted by molar-refractivity contribution is 0.0695. The molecule has 10 heteroatoms. The molecule has 170 valence electrons. The van der Waals surface area contributed by atoms with Gasteiger partial charge in [0, 0.05) is 51.2 Å². The molecule has 2 aromatic heterocycles. The van der Waals surface area contributed by atoms with Crippen molar-refractivity contribution in [2.24, 2.45) is 11.8 Å². The molecule has 2 aliphatic carbocycles. The third-order valence-electron chi connectivity index (χ3n) is 7.27. The Morgan fingerprint density at radius 3 is 2.66 bits per heavy atom. The average molecular weight is 457 g/mol. The second kappa shape index (κ2) is 8.31. The van der Waals surface area contributed by atoms with Crippen LogP contribution in [0.15, 0.2) is 17.2 Å². The summed E-state index contributed by atoms with van der Waals surface area (Å²) in [7, 11) is 0. The van der Waals surface area contributed by atoms with E-state index in [0.29, 0.717) is 24.2 Å². The molecule has 2 N–H and O–H groups in total. The highest BCUT2D eigenvalue weighted by molar-refractivity contribution is 7.80. The van der Waals surface area contributed by atoms with Gasteiger partial charge in [-0.3, -0.25) is 4.79 Å². The molecule has 0 amide bonds. The Morgan fingerprint density at radius 1 is 1.25 bits per heavy atom. The molecule has 2 saturated carbocycles. The number of thiocarbonyl (C=S) groups is 1. The minimum atomic E-state index is -1.24. The molecule has 3 heterocycles. The molecular weight excluding hydrogens is 428 g/mol. The van der Waals surface area contributed by atoms with Crippen molar-refractivity contribution < 1.29 is 9.90 Å². The van der Waals surface area contributed by atoms with Gasteiger partial charge in [0.05, 0.1) is 5.39 Å². The van der Waals surface area contributed by atoms with E-state index in [1.807, 2.05) is 6.92 Å². The zero-order valence-corrected chi connectivity index (χ0v) is 19.0. The van der Waals surface area contributed by atoms with Gasteiger partial charge >= 0.3 is 5.97 Å². The van der Waals surface area contributed by atoms with Gasteiger partial charge in [-0.15, -0.1) is 0 Å². The second-order valence-electron chi connectivity index (χ2n) is 9.08. The summed E-state index contributed by atoms with van der Waals surface area (Å²) in [6, 6.07) is 0.532. The highest BCUT2D eigenvalue weighted by atomic mass is 32.1. The van der Waals surface area contributed by atoms with E-state index in [1.54, 1.807) is 4.57 Å². The molecule has 5 rings (SSSR count).